The summed E-state index contributed by atoms with van der Waals surface area (Å²) in [6.07, 6.45) is 11.8. The Balaban J connectivity index is 1.26. The molecular weight excluding hydrogens is 310 g/mol. The largest absolute Gasteiger partial charge is 0.487 e. The van der Waals surface area contributed by atoms with Crippen LogP contribution < -0.4 is 10.1 Å². The zero-order valence-corrected chi connectivity index (χ0v) is 14.8. The Bertz CT molecular complexity index is 739. The van der Waals surface area contributed by atoms with Crippen molar-refractivity contribution in [3.8, 4) is 5.75 Å². The lowest BCUT2D eigenvalue weighted by atomic mass is 9.73. The molecule has 1 unspecified atom stereocenters. The SMILES string of the molecule is c1ccc2c(c1)OC1(CCC1)CC2NCCc1cn2c(n1)CCCC2. The Labute approximate surface area is 149 Å². The van der Waals surface area contributed by atoms with Gasteiger partial charge in [-0.2, -0.15) is 0 Å². The van der Waals surface area contributed by atoms with Crippen LogP contribution in [0, 0.1) is 0 Å². The minimum absolute atomic E-state index is 0.0967. The van der Waals surface area contributed by atoms with Crippen molar-refractivity contribution in [2.24, 2.45) is 0 Å². The summed E-state index contributed by atoms with van der Waals surface area (Å²) in [5.74, 6) is 2.37. The molecule has 4 nitrogen and oxygen atoms in total. The predicted octanol–water partition coefficient (Wildman–Crippen LogP) is 3.80. The van der Waals surface area contributed by atoms with E-state index in [9.17, 15) is 0 Å². The molecule has 132 valence electrons. The van der Waals surface area contributed by atoms with E-state index >= 15 is 0 Å². The summed E-state index contributed by atoms with van der Waals surface area (Å²) in [5, 5.41) is 3.80. The highest BCUT2D eigenvalue weighted by Crippen LogP contribution is 2.48. The normalized spacial score (nSPS) is 23.4. The molecule has 2 aliphatic heterocycles. The fourth-order valence-electron chi connectivity index (χ4n) is 4.64. The third kappa shape index (κ3) is 2.86. The zero-order valence-electron chi connectivity index (χ0n) is 14.8. The quantitative estimate of drug-likeness (QED) is 0.922. The van der Waals surface area contributed by atoms with Gasteiger partial charge in [0.1, 0.15) is 17.2 Å². The molecule has 1 N–H and O–H groups in total. The molecule has 0 bridgehead atoms. The minimum Gasteiger partial charge on any atom is -0.487 e. The Morgan fingerprint density at radius 3 is 2.96 bits per heavy atom. The second-order valence-electron chi connectivity index (χ2n) is 7.94. The van der Waals surface area contributed by atoms with Crippen molar-refractivity contribution in [2.75, 3.05) is 6.54 Å². The van der Waals surface area contributed by atoms with Gasteiger partial charge in [0.05, 0.1) is 5.69 Å². The first-order chi connectivity index (χ1) is 12.3. The number of fused-ring (bicyclic) bond motifs is 2. The second kappa shape index (κ2) is 6.17. The molecule has 1 atom stereocenters. The summed E-state index contributed by atoms with van der Waals surface area (Å²) in [5.41, 5.74) is 2.66. The first kappa shape index (κ1) is 15.4. The third-order valence-corrected chi connectivity index (χ3v) is 6.19. The molecule has 25 heavy (non-hydrogen) atoms. The second-order valence-corrected chi connectivity index (χ2v) is 7.94. The highest BCUT2D eigenvalue weighted by Gasteiger charge is 2.45. The summed E-state index contributed by atoms with van der Waals surface area (Å²) in [4.78, 5) is 4.83. The molecule has 1 aromatic heterocycles. The lowest BCUT2D eigenvalue weighted by Crippen LogP contribution is -2.49. The molecule has 2 aromatic rings. The van der Waals surface area contributed by atoms with Crippen molar-refractivity contribution >= 4 is 0 Å². The van der Waals surface area contributed by atoms with E-state index < -0.39 is 0 Å². The van der Waals surface area contributed by atoms with Crippen molar-refractivity contribution in [2.45, 2.75) is 69.6 Å². The number of imidazole rings is 1. The average Bonchev–Trinajstić information content (AvgIpc) is 3.03. The van der Waals surface area contributed by atoms with Crippen molar-refractivity contribution in [3.05, 3.63) is 47.5 Å². The predicted molar refractivity (Wildman–Crippen MR) is 97.9 cm³/mol. The number of aryl methyl sites for hydroxylation is 2. The molecule has 1 saturated carbocycles. The Kier molecular flexibility index (Phi) is 3.81. The van der Waals surface area contributed by atoms with E-state index in [-0.39, 0.29) is 5.60 Å². The topological polar surface area (TPSA) is 39.1 Å². The summed E-state index contributed by atoms with van der Waals surface area (Å²) in [6, 6.07) is 8.96. The molecule has 0 amide bonds. The number of hydrogen-bond donors (Lipinski definition) is 1. The van der Waals surface area contributed by atoms with Crippen molar-refractivity contribution in [1.29, 1.82) is 0 Å². The van der Waals surface area contributed by atoms with Gasteiger partial charge in [-0.15, -0.1) is 0 Å². The van der Waals surface area contributed by atoms with Crippen LogP contribution in [-0.2, 0) is 19.4 Å². The lowest BCUT2D eigenvalue weighted by Gasteiger charge is -2.48. The number of nitrogens with one attached hydrogen (secondary N) is 1. The molecule has 0 saturated heterocycles. The summed E-state index contributed by atoms with van der Waals surface area (Å²) in [7, 11) is 0. The Morgan fingerprint density at radius 2 is 2.12 bits per heavy atom. The van der Waals surface area contributed by atoms with E-state index in [1.165, 1.54) is 49.2 Å². The standard InChI is InChI=1S/C21H27N3O/c1-2-7-19-17(6-1)18(14-21(25-19)10-5-11-21)22-12-9-16-15-24-13-4-3-8-20(24)23-16/h1-2,6-7,15,18,22H,3-5,8-14H2. The maximum Gasteiger partial charge on any atom is 0.124 e. The van der Waals surface area contributed by atoms with Gasteiger partial charge in [0, 0.05) is 50.2 Å². The van der Waals surface area contributed by atoms with Crippen LogP contribution in [-0.4, -0.2) is 21.7 Å². The Morgan fingerprint density at radius 1 is 1.20 bits per heavy atom. The van der Waals surface area contributed by atoms with Crippen LogP contribution >= 0.6 is 0 Å². The van der Waals surface area contributed by atoms with Crippen LogP contribution in [0.4, 0.5) is 0 Å². The molecule has 1 aromatic carbocycles. The summed E-state index contributed by atoms with van der Waals surface area (Å²) >= 11 is 0. The van der Waals surface area contributed by atoms with Crippen LogP contribution in [0.3, 0.4) is 0 Å². The van der Waals surface area contributed by atoms with E-state index in [1.807, 2.05) is 0 Å². The van der Waals surface area contributed by atoms with Crippen LogP contribution in [0.15, 0.2) is 30.5 Å². The molecule has 3 heterocycles. The first-order valence-electron chi connectivity index (χ1n) is 9.88. The number of rotatable bonds is 4. The van der Waals surface area contributed by atoms with E-state index in [0.717, 1.165) is 38.1 Å². The number of hydrogen-bond acceptors (Lipinski definition) is 3. The summed E-state index contributed by atoms with van der Waals surface area (Å²) in [6.45, 7) is 2.12. The lowest BCUT2D eigenvalue weighted by molar-refractivity contribution is -0.0368. The summed E-state index contributed by atoms with van der Waals surface area (Å²) < 4.78 is 8.70. The van der Waals surface area contributed by atoms with Crippen LogP contribution in [0.5, 0.6) is 5.75 Å². The van der Waals surface area contributed by atoms with Crippen LogP contribution in [0.2, 0.25) is 0 Å². The number of para-hydroxylation sites is 1. The maximum atomic E-state index is 6.35. The zero-order chi connectivity index (χ0) is 16.7. The highest BCUT2D eigenvalue weighted by atomic mass is 16.5. The van der Waals surface area contributed by atoms with Crippen molar-refractivity contribution < 1.29 is 4.74 Å². The highest BCUT2D eigenvalue weighted by molar-refractivity contribution is 5.39. The third-order valence-electron chi connectivity index (χ3n) is 6.19. The fraction of sp³-hybridized carbons (Fsp3) is 0.571. The van der Waals surface area contributed by atoms with Gasteiger partial charge in [-0.3, -0.25) is 0 Å². The van der Waals surface area contributed by atoms with Gasteiger partial charge in [0.2, 0.25) is 0 Å². The average molecular weight is 337 g/mol. The minimum atomic E-state index is 0.0967. The van der Waals surface area contributed by atoms with Crippen LogP contribution in [0.1, 0.15) is 61.6 Å². The Hall–Kier alpha value is -1.81. The van der Waals surface area contributed by atoms with Gasteiger partial charge < -0.3 is 14.6 Å². The molecule has 4 heteroatoms. The number of ether oxygens (including phenoxy) is 1. The fourth-order valence-corrected chi connectivity index (χ4v) is 4.64. The monoisotopic (exact) mass is 337 g/mol. The van der Waals surface area contributed by atoms with Gasteiger partial charge in [-0.05, 0) is 38.2 Å². The number of aromatic nitrogens is 2. The van der Waals surface area contributed by atoms with Crippen molar-refractivity contribution in [1.82, 2.24) is 14.9 Å². The molecule has 1 aliphatic carbocycles. The van der Waals surface area contributed by atoms with Gasteiger partial charge in [-0.1, -0.05) is 18.2 Å². The molecule has 3 aliphatic rings. The van der Waals surface area contributed by atoms with Gasteiger partial charge in [0.15, 0.2) is 0 Å². The molecule has 1 spiro atoms. The van der Waals surface area contributed by atoms with Crippen LogP contribution in [0.25, 0.3) is 0 Å². The first-order valence-corrected chi connectivity index (χ1v) is 9.88. The van der Waals surface area contributed by atoms with Gasteiger partial charge >= 0.3 is 0 Å². The van der Waals surface area contributed by atoms with E-state index in [1.54, 1.807) is 0 Å². The van der Waals surface area contributed by atoms with E-state index in [0.29, 0.717) is 6.04 Å². The molecule has 5 rings (SSSR count). The molecular formula is C21H27N3O. The molecule has 0 radical (unpaired) electrons. The smallest absolute Gasteiger partial charge is 0.124 e. The van der Waals surface area contributed by atoms with Crippen molar-refractivity contribution in [3.63, 3.8) is 0 Å². The number of benzene rings is 1. The van der Waals surface area contributed by atoms with Gasteiger partial charge in [0.25, 0.3) is 0 Å². The molecule has 1 fully saturated rings. The van der Waals surface area contributed by atoms with Gasteiger partial charge in [-0.25, -0.2) is 4.98 Å². The van der Waals surface area contributed by atoms with E-state index in [2.05, 4.69) is 40.3 Å². The van der Waals surface area contributed by atoms with E-state index in [4.69, 9.17) is 9.72 Å². The maximum absolute atomic E-state index is 6.35. The number of nitrogens with zero attached hydrogens (tertiary/aromatic N) is 2.